The zero-order valence-electron chi connectivity index (χ0n) is 14.1. The number of amidine groups is 1. The molecule has 0 spiro atoms. The van der Waals surface area contributed by atoms with Gasteiger partial charge in [-0.25, -0.2) is 9.79 Å². The number of carboxylic acid groups (broad SMARTS) is 1. The Morgan fingerprint density at radius 2 is 2.04 bits per heavy atom. The maximum atomic E-state index is 12.2. The second-order valence-corrected chi connectivity index (χ2v) is 6.56. The van der Waals surface area contributed by atoms with Crippen LogP contribution in [0.4, 0.5) is 5.69 Å². The molecule has 0 saturated carbocycles. The molecule has 0 unspecified atom stereocenters. The van der Waals surface area contributed by atoms with Gasteiger partial charge in [0.25, 0.3) is 5.91 Å². The Morgan fingerprint density at radius 1 is 1.27 bits per heavy atom. The smallest absolute Gasteiger partial charge is 0.335 e. The van der Waals surface area contributed by atoms with Crippen LogP contribution < -0.4 is 10.1 Å². The highest BCUT2D eigenvalue weighted by atomic mass is 32.2. The predicted octanol–water partition coefficient (Wildman–Crippen LogP) is 3.59. The first kappa shape index (κ1) is 17.8. The van der Waals surface area contributed by atoms with Crippen molar-refractivity contribution in [1.29, 1.82) is 0 Å². The number of thioether (sulfide) groups is 1. The molecular weight excluding hydrogens is 352 g/mol. The third-order valence-corrected chi connectivity index (χ3v) is 4.66. The van der Waals surface area contributed by atoms with E-state index in [1.165, 1.54) is 23.9 Å². The second-order valence-electron chi connectivity index (χ2n) is 5.53. The number of carbonyl (C=O) groups excluding carboxylic acids is 1. The number of carboxylic acids is 1. The molecule has 1 aliphatic rings. The predicted molar refractivity (Wildman–Crippen MR) is 102 cm³/mol. The third kappa shape index (κ3) is 3.78. The molecule has 1 heterocycles. The number of para-hydroxylation sites is 1. The number of hydrogen-bond donors (Lipinski definition) is 2. The Morgan fingerprint density at radius 3 is 2.77 bits per heavy atom. The fraction of sp³-hybridized carbons (Fsp3) is 0.105. The van der Waals surface area contributed by atoms with Crippen LogP contribution in [-0.4, -0.2) is 29.3 Å². The minimum atomic E-state index is -1.02. The second kappa shape index (κ2) is 7.45. The van der Waals surface area contributed by atoms with Crippen LogP contribution in [0.2, 0.25) is 0 Å². The molecule has 2 aromatic rings. The first-order valence-electron chi connectivity index (χ1n) is 7.74. The molecule has 0 aromatic heterocycles. The van der Waals surface area contributed by atoms with Gasteiger partial charge < -0.3 is 15.2 Å². The van der Waals surface area contributed by atoms with Crippen molar-refractivity contribution in [1.82, 2.24) is 5.32 Å². The average molecular weight is 368 g/mol. The highest BCUT2D eigenvalue weighted by molar-refractivity contribution is 8.18. The van der Waals surface area contributed by atoms with Gasteiger partial charge in [0.15, 0.2) is 5.17 Å². The molecule has 1 fully saturated rings. The number of aryl methyl sites for hydroxylation is 1. The summed E-state index contributed by atoms with van der Waals surface area (Å²) in [5, 5.41) is 12.2. The number of methoxy groups -OCH3 is 1. The first-order valence-corrected chi connectivity index (χ1v) is 8.56. The van der Waals surface area contributed by atoms with Crippen LogP contribution in [0.25, 0.3) is 6.08 Å². The number of ether oxygens (including phenoxy) is 1. The molecule has 1 amide bonds. The van der Waals surface area contributed by atoms with Gasteiger partial charge in [-0.1, -0.05) is 24.3 Å². The molecule has 0 radical (unpaired) electrons. The number of rotatable bonds is 4. The Balaban J connectivity index is 1.90. The molecule has 6 nitrogen and oxygen atoms in total. The number of nitrogens with one attached hydrogen (secondary N) is 1. The minimum Gasteiger partial charge on any atom is -0.496 e. The molecule has 2 aromatic carbocycles. The molecule has 0 atom stereocenters. The van der Waals surface area contributed by atoms with Gasteiger partial charge in [0.05, 0.1) is 23.3 Å². The molecular formula is C19H16N2O4S. The van der Waals surface area contributed by atoms with E-state index < -0.39 is 5.97 Å². The number of aliphatic imine (C=N–C) groups is 1. The van der Waals surface area contributed by atoms with Crippen LogP contribution in [0.3, 0.4) is 0 Å². The lowest BCUT2D eigenvalue weighted by Gasteiger charge is -2.04. The summed E-state index contributed by atoms with van der Waals surface area (Å²) in [5.41, 5.74) is 2.26. The zero-order valence-corrected chi connectivity index (χ0v) is 15.0. The molecule has 1 aliphatic heterocycles. The number of hydrogen-bond acceptors (Lipinski definition) is 5. The summed E-state index contributed by atoms with van der Waals surface area (Å²) < 4.78 is 5.29. The van der Waals surface area contributed by atoms with Crippen LogP contribution in [0.15, 0.2) is 52.4 Å². The van der Waals surface area contributed by atoms with Gasteiger partial charge >= 0.3 is 5.97 Å². The Bertz CT molecular complexity index is 950. The van der Waals surface area contributed by atoms with Gasteiger partial charge in [-0.05, 0) is 48.5 Å². The summed E-state index contributed by atoms with van der Waals surface area (Å²) >= 11 is 1.20. The molecule has 0 aliphatic carbocycles. The normalized spacial score (nSPS) is 16.8. The number of carbonyl (C=O) groups is 2. The molecule has 26 heavy (non-hydrogen) atoms. The highest BCUT2D eigenvalue weighted by Crippen LogP contribution is 2.31. The molecule has 1 saturated heterocycles. The number of benzene rings is 2. The van der Waals surface area contributed by atoms with Crippen LogP contribution in [-0.2, 0) is 4.79 Å². The van der Waals surface area contributed by atoms with Crippen molar-refractivity contribution in [3.8, 4) is 5.75 Å². The van der Waals surface area contributed by atoms with Crippen LogP contribution in [0, 0.1) is 6.92 Å². The lowest BCUT2D eigenvalue weighted by Crippen LogP contribution is -2.19. The number of nitrogens with zero attached hydrogens (tertiary/aromatic N) is 1. The van der Waals surface area contributed by atoms with E-state index in [1.807, 2.05) is 31.2 Å². The minimum absolute atomic E-state index is 0.147. The molecule has 2 N–H and O–H groups in total. The van der Waals surface area contributed by atoms with Gasteiger partial charge in [-0.2, -0.15) is 0 Å². The lowest BCUT2D eigenvalue weighted by molar-refractivity contribution is -0.115. The number of aromatic carboxylic acids is 1. The van der Waals surface area contributed by atoms with Crippen molar-refractivity contribution in [3.05, 3.63) is 64.1 Å². The van der Waals surface area contributed by atoms with Gasteiger partial charge in [-0.15, -0.1) is 0 Å². The molecule has 3 rings (SSSR count). The lowest BCUT2D eigenvalue weighted by atomic mass is 10.1. The molecule has 132 valence electrons. The summed E-state index contributed by atoms with van der Waals surface area (Å²) in [6.07, 6.45) is 1.74. The Kier molecular flexibility index (Phi) is 5.09. The molecule has 0 bridgehead atoms. The monoisotopic (exact) mass is 368 g/mol. The summed E-state index contributed by atoms with van der Waals surface area (Å²) in [6.45, 7) is 1.83. The topological polar surface area (TPSA) is 88.0 Å². The standard InChI is InChI=1S/C19H16N2O4S/c1-11-7-8-13(18(23)24)9-14(11)20-19-21-17(22)16(26-19)10-12-5-3-4-6-15(12)25-2/h3-10H,1-2H3,(H,23,24)(H,20,21,22)/b16-10-. The largest absolute Gasteiger partial charge is 0.496 e. The van der Waals surface area contributed by atoms with Crippen molar-refractivity contribution in [2.75, 3.05) is 7.11 Å². The van der Waals surface area contributed by atoms with Gasteiger partial charge in [0, 0.05) is 5.56 Å². The fourth-order valence-electron chi connectivity index (χ4n) is 2.38. The molecule has 7 heteroatoms. The van der Waals surface area contributed by atoms with E-state index in [0.717, 1.165) is 11.1 Å². The van der Waals surface area contributed by atoms with Gasteiger partial charge in [0.2, 0.25) is 0 Å². The summed E-state index contributed by atoms with van der Waals surface area (Å²) in [6, 6.07) is 12.1. The summed E-state index contributed by atoms with van der Waals surface area (Å²) in [7, 11) is 1.57. The Hall–Kier alpha value is -3.06. The van der Waals surface area contributed by atoms with E-state index in [9.17, 15) is 9.59 Å². The van der Waals surface area contributed by atoms with Crippen LogP contribution >= 0.6 is 11.8 Å². The van der Waals surface area contributed by atoms with E-state index >= 15 is 0 Å². The van der Waals surface area contributed by atoms with Crippen LogP contribution in [0.1, 0.15) is 21.5 Å². The maximum absolute atomic E-state index is 12.2. The quantitative estimate of drug-likeness (QED) is 0.805. The van der Waals surface area contributed by atoms with Gasteiger partial charge in [0.1, 0.15) is 5.75 Å². The maximum Gasteiger partial charge on any atom is 0.335 e. The third-order valence-electron chi connectivity index (χ3n) is 3.75. The summed E-state index contributed by atoms with van der Waals surface area (Å²) in [5.74, 6) is -0.609. The van der Waals surface area contributed by atoms with Crippen molar-refractivity contribution < 1.29 is 19.4 Å². The van der Waals surface area contributed by atoms with E-state index in [1.54, 1.807) is 19.3 Å². The first-order chi connectivity index (χ1) is 12.5. The highest BCUT2D eigenvalue weighted by Gasteiger charge is 2.24. The Labute approximate surface area is 154 Å². The van der Waals surface area contributed by atoms with Gasteiger partial charge in [-0.3, -0.25) is 4.79 Å². The SMILES string of the molecule is COc1ccccc1/C=C1\SC(=Nc2cc(C(=O)O)ccc2C)NC1=O. The summed E-state index contributed by atoms with van der Waals surface area (Å²) in [4.78, 5) is 28.2. The van der Waals surface area contributed by atoms with Crippen molar-refractivity contribution in [2.24, 2.45) is 4.99 Å². The fourth-order valence-corrected chi connectivity index (χ4v) is 3.21. The van der Waals surface area contributed by atoms with E-state index in [2.05, 4.69) is 10.3 Å². The van der Waals surface area contributed by atoms with Crippen LogP contribution in [0.5, 0.6) is 5.75 Å². The van der Waals surface area contributed by atoms with E-state index in [0.29, 0.717) is 21.5 Å². The zero-order chi connectivity index (χ0) is 18.7. The number of amides is 1. The van der Waals surface area contributed by atoms with Crippen molar-refractivity contribution in [2.45, 2.75) is 6.92 Å². The van der Waals surface area contributed by atoms with E-state index in [-0.39, 0.29) is 11.5 Å². The van der Waals surface area contributed by atoms with Crippen molar-refractivity contribution in [3.63, 3.8) is 0 Å². The average Bonchev–Trinajstić information content (AvgIpc) is 2.96. The van der Waals surface area contributed by atoms with E-state index in [4.69, 9.17) is 9.84 Å². The van der Waals surface area contributed by atoms with Crippen molar-refractivity contribution >= 4 is 40.6 Å².